The Hall–Kier alpha value is -3.85. The average Bonchev–Trinajstić information content (AvgIpc) is 3.24. The van der Waals surface area contributed by atoms with Gasteiger partial charge in [-0.3, -0.25) is 9.59 Å². The highest BCUT2D eigenvalue weighted by Crippen LogP contribution is 2.55. The van der Waals surface area contributed by atoms with Gasteiger partial charge in [-0.25, -0.2) is 0 Å². The molecule has 40 heavy (non-hydrogen) atoms. The zero-order chi connectivity index (χ0) is 29.0. The SMILES string of the molecule is COC(=O)[C@@]1(Sc2ccc(OC)cc2)CC(=O)N(c2ccc(OC)cc2C)[C@@H]1c1ccc(OC(C)C)c(OC)c1. The number of hydrogen-bond acceptors (Lipinski definition) is 8. The lowest BCUT2D eigenvalue weighted by Crippen LogP contribution is -2.43. The second-order valence-electron chi connectivity index (χ2n) is 9.73. The van der Waals surface area contributed by atoms with Crippen molar-refractivity contribution >= 4 is 29.3 Å². The number of amides is 1. The van der Waals surface area contributed by atoms with E-state index in [0.29, 0.717) is 34.2 Å². The molecule has 0 aromatic heterocycles. The van der Waals surface area contributed by atoms with Crippen LogP contribution in [0.5, 0.6) is 23.0 Å². The van der Waals surface area contributed by atoms with Gasteiger partial charge in [0.05, 0.1) is 47.0 Å². The molecule has 0 unspecified atom stereocenters. The largest absolute Gasteiger partial charge is 0.497 e. The Kier molecular flexibility index (Phi) is 8.83. The van der Waals surface area contributed by atoms with Gasteiger partial charge in [0.15, 0.2) is 16.2 Å². The zero-order valence-electron chi connectivity index (χ0n) is 23.8. The maximum Gasteiger partial charge on any atom is 0.325 e. The molecule has 2 atom stereocenters. The molecule has 1 heterocycles. The van der Waals surface area contributed by atoms with Crippen LogP contribution < -0.4 is 23.8 Å². The van der Waals surface area contributed by atoms with Crippen LogP contribution in [0.25, 0.3) is 0 Å². The van der Waals surface area contributed by atoms with E-state index in [-0.39, 0.29) is 18.4 Å². The molecule has 1 amide bonds. The van der Waals surface area contributed by atoms with Gasteiger partial charge in [0, 0.05) is 10.6 Å². The minimum atomic E-state index is -1.31. The highest BCUT2D eigenvalue weighted by Gasteiger charge is 2.60. The van der Waals surface area contributed by atoms with Crippen LogP contribution in [0.3, 0.4) is 0 Å². The van der Waals surface area contributed by atoms with Crippen LogP contribution in [-0.4, -0.2) is 51.2 Å². The van der Waals surface area contributed by atoms with Crippen LogP contribution >= 0.6 is 11.8 Å². The van der Waals surface area contributed by atoms with Gasteiger partial charge in [-0.05, 0) is 86.5 Å². The third kappa shape index (κ3) is 5.56. The van der Waals surface area contributed by atoms with Crippen molar-refractivity contribution in [1.29, 1.82) is 0 Å². The van der Waals surface area contributed by atoms with Crippen molar-refractivity contribution in [1.82, 2.24) is 0 Å². The Morgan fingerprint density at radius 1 is 0.900 bits per heavy atom. The number of methoxy groups -OCH3 is 4. The van der Waals surface area contributed by atoms with E-state index >= 15 is 0 Å². The number of rotatable bonds is 10. The Bertz CT molecular complexity index is 1370. The fourth-order valence-electron chi connectivity index (χ4n) is 5.03. The maximum absolute atomic E-state index is 14.0. The number of anilines is 1. The van der Waals surface area contributed by atoms with Crippen molar-refractivity contribution < 1.29 is 33.3 Å². The normalized spacial score (nSPS) is 18.6. The fraction of sp³-hybridized carbons (Fsp3) is 0.355. The topological polar surface area (TPSA) is 83.5 Å². The van der Waals surface area contributed by atoms with Gasteiger partial charge < -0.3 is 28.6 Å². The van der Waals surface area contributed by atoms with Crippen LogP contribution in [0.1, 0.15) is 37.4 Å². The second-order valence-corrected chi connectivity index (χ2v) is 11.1. The summed E-state index contributed by atoms with van der Waals surface area (Å²) in [6, 6.07) is 17.7. The van der Waals surface area contributed by atoms with Crippen LogP contribution in [-0.2, 0) is 14.3 Å². The van der Waals surface area contributed by atoms with E-state index in [1.165, 1.54) is 18.9 Å². The molecule has 0 saturated carbocycles. The number of nitrogens with zero attached hydrogens (tertiary/aromatic N) is 1. The third-order valence-corrected chi connectivity index (χ3v) is 8.21. The van der Waals surface area contributed by atoms with E-state index < -0.39 is 16.8 Å². The number of ether oxygens (including phenoxy) is 5. The summed E-state index contributed by atoms with van der Waals surface area (Å²) in [6.07, 6.45) is -0.134. The number of benzene rings is 3. The Morgan fingerprint density at radius 2 is 1.57 bits per heavy atom. The zero-order valence-corrected chi connectivity index (χ0v) is 24.7. The van der Waals surface area contributed by atoms with Gasteiger partial charge in [-0.2, -0.15) is 0 Å². The lowest BCUT2D eigenvalue weighted by atomic mass is 9.91. The van der Waals surface area contributed by atoms with Gasteiger partial charge in [-0.15, -0.1) is 11.8 Å². The minimum Gasteiger partial charge on any atom is -0.497 e. The highest BCUT2D eigenvalue weighted by molar-refractivity contribution is 8.01. The Morgan fingerprint density at radius 3 is 2.15 bits per heavy atom. The van der Waals surface area contributed by atoms with Gasteiger partial charge in [-0.1, -0.05) is 6.07 Å². The van der Waals surface area contributed by atoms with E-state index in [2.05, 4.69) is 0 Å². The Labute approximate surface area is 239 Å². The molecule has 212 valence electrons. The summed E-state index contributed by atoms with van der Waals surface area (Å²) >= 11 is 1.31. The molecule has 0 N–H and O–H groups in total. The van der Waals surface area contributed by atoms with Crippen molar-refractivity contribution in [2.75, 3.05) is 33.3 Å². The predicted molar refractivity (Wildman–Crippen MR) is 155 cm³/mol. The number of carbonyl (C=O) groups is 2. The molecular weight excluding hydrogens is 530 g/mol. The number of hydrogen-bond donors (Lipinski definition) is 0. The van der Waals surface area contributed by atoms with Crippen molar-refractivity contribution in [3.8, 4) is 23.0 Å². The van der Waals surface area contributed by atoms with Crippen LogP contribution in [0.4, 0.5) is 5.69 Å². The lowest BCUT2D eigenvalue weighted by molar-refractivity contribution is -0.144. The van der Waals surface area contributed by atoms with Gasteiger partial charge in [0.25, 0.3) is 0 Å². The molecule has 1 aliphatic rings. The van der Waals surface area contributed by atoms with E-state index in [1.807, 2.05) is 81.4 Å². The van der Waals surface area contributed by atoms with Crippen LogP contribution in [0.15, 0.2) is 65.6 Å². The summed E-state index contributed by atoms with van der Waals surface area (Å²) in [6.45, 7) is 5.78. The molecule has 0 radical (unpaired) electrons. The fourth-order valence-corrected chi connectivity index (χ4v) is 6.43. The quantitative estimate of drug-likeness (QED) is 0.277. The smallest absolute Gasteiger partial charge is 0.325 e. The van der Waals surface area contributed by atoms with Crippen LogP contribution in [0, 0.1) is 6.92 Å². The van der Waals surface area contributed by atoms with Gasteiger partial charge in [0.1, 0.15) is 11.5 Å². The maximum atomic E-state index is 14.0. The number of thioether (sulfide) groups is 1. The van der Waals surface area contributed by atoms with Crippen molar-refractivity contribution in [3.63, 3.8) is 0 Å². The molecular formula is C31H35NO7S. The average molecular weight is 566 g/mol. The molecule has 1 fully saturated rings. The first-order chi connectivity index (χ1) is 19.2. The molecule has 8 nitrogen and oxygen atoms in total. The third-order valence-electron chi connectivity index (χ3n) is 6.80. The van der Waals surface area contributed by atoms with Crippen LogP contribution in [0.2, 0.25) is 0 Å². The summed E-state index contributed by atoms with van der Waals surface area (Å²) < 4.78 is 26.4. The summed E-state index contributed by atoms with van der Waals surface area (Å²) in [7, 11) is 6.11. The molecule has 3 aromatic carbocycles. The molecule has 1 saturated heterocycles. The summed E-state index contributed by atoms with van der Waals surface area (Å²) in [5, 5.41) is 0. The standard InChI is InChI=1S/C31H35NO7S/c1-19(2)39-26-15-8-21(17-27(26)37-6)29-31(30(34)38-7,40-24-12-9-22(35-4)10-13-24)18-28(33)32(29)25-14-11-23(36-5)16-20(25)3/h8-17,19,29H,18H2,1-7H3/t29-,31-/m1/s1. The minimum absolute atomic E-state index is 0.0638. The molecule has 3 aromatic rings. The molecule has 0 spiro atoms. The molecule has 4 rings (SSSR count). The number of carbonyl (C=O) groups excluding carboxylic acids is 2. The summed E-state index contributed by atoms with van der Waals surface area (Å²) in [5.74, 6) is 1.74. The first-order valence-corrected chi connectivity index (χ1v) is 13.7. The molecule has 1 aliphatic heterocycles. The van der Waals surface area contributed by atoms with Gasteiger partial charge >= 0.3 is 5.97 Å². The second kappa shape index (κ2) is 12.1. The van der Waals surface area contributed by atoms with E-state index in [1.54, 1.807) is 26.2 Å². The summed E-state index contributed by atoms with van der Waals surface area (Å²) in [5.41, 5.74) is 2.22. The molecule has 0 aliphatic carbocycles. The van der Waals surface area contributed by atoms with Crippen molar-refractivity contribution in [2.45, 2.75) is 49.0 Å². The van der Waals surface area contributed by atoms with E-state index in [4.69, 9.17) is 23.7 Å². The highest BCUT2D eigenvalue weighted by atomic mass is 32.2. The lowest BCUT2D eigenvalue weighted by Gasteiger charge is -2.36. The van der Waals surface area contributed by atoms with E-state index in [0.717, 1.165) is 10.5 Å². The first kappa shape index (κ1) is 29.1. The van der Waals surface area contributed by atoms with Gasteiger partial charge in [0.2, 0.25) is 5.91 Å². The summed E-state index contributed by atoms with van der Waals surface area (Å²) in [4.78, 5) is 30.2. The predicted octanol–water partition coefficient (Wildman–Crippen LogP) is 5.99. The van der Waals surface area contributed by atoms with E-state index in [9.17, 15) is 9.59 Å². The number of esters is 1. The first-order valence-electron chi connectivity index (χ1n) is 12.9. The molecule has 0 bridgehead atoms. The molecule has 9 heteroatoms. The Balaban J connectivity index is 1.94. The number of aryl methyl sites for hydroxylation is 1. The van der Waals surface area contributed by atoms with Crippen molar-refractivity contribution in [3.05, 3.63) is 71.8 Å². The van der Waals surface area contributed by atoms with Crippen molar-refractivity contribution in [2.24, 2.45) is 0 Å². The monoisotopic (exact) mass is 565 g/mol.